The van der Waals surface area contributed by atoms with Gasteiger partial charge in [-0.2, -0.15) is 5.10 Å². The molecule has 0 aromatic carbocycles. The molecule has 0 bridgehead atoms. The number of rotatable bonds is 6. The Bertz CT molecular complexity index is 465. The smallest absolute Gasteiger partial charge is 0.0534 e. The Morgan fingerprint density at radius 2 is 2.24 bits per heavy atom. The summed E-state index contributed by atoms with van der Waals surface area (Å²) in [5.74, 6) is 0. The van der Waals surface area contributed by atoms with Crippen LogP contribution in [0.1, 0.15) is 25.8 Å². The first-order valence-corrected chi connectivity index (χ1v) is 7.76. The van der Waals surface area contributed by atoms with E-state index >= 15 is 0 Å². The van der Waals surface area contributed by atoms with Gasteiger partial charge in [-0.15, -0.1) is 0 Å². The van der Waals surface area contributed by atoms with E-state index in [0.29, 0.717) is 6.04 Å². The van der Waals surface area contributed by atoms with Gasteiger partial charge in [0.1, 0.15) is 0 Å². The van der Waals surface area contributed by atoms with Crippen LogP contribution in [0.15, 0.2) is 24.0 Å². The van der Waals surface area contributed by atoms with Crippen molar-refractivity contribution < 1.29 is 5.11 Å². The Kier molecular flexibility index (Phi) is 5.96. The average Bonchev–Trinajstić information content (AvgIpc) is 2.83. The van der Waals surface area contributed by atoms with Gasteiger partial charge in [-0.3, -0.25) is 14.5 Å². The van der Waals surface area contributed by atoms with E-state index in [1.807, 2.05) is 17.9 Å². The van der Waals surface area contributed by atoms with Gasteiger partial charge >= 0.3 is 0 Å². The summed E-state index contributed by atoms with van der Waals surface area (Å²) in [5.41, 5.74) is 2.62. The predicted molar refractivity (Wildman–Crippen MR) is 85.0 cm³/mol. The fourth-order valence-electron chi connectivity index (χ4n) is 2.88. The highest BCUT2D eigenvalue weighted by molar-refractivity contribution is 5.04. The molecule has 1 unspecified atom stereocenters. The fraction of sp³-hybridized carbons (Fsp3) is 0.688. The lowest BCUT2D eigenvalue weighted by atomic mass is 10.1. The first-order chi connectivity index (χ1) is 10.1. The van der Waals surface area contributed by atoms with E-state index in [4.69, 9.17) is 0 Å². The third-order valence-electron chi connectivity index (χ3n) is 4.05. The molecule has 0 amide bonds. The van der Waals surface area contributed by atoms with E-state index in [1.165, 1.54) is 11.1 Å². The van der Waals surface area contributed by atoms with Crippen molar-refractivity contribution >= 4 is 0 Å². The maximum Gasteiger partial charge on any atom is 0.0534 e. The summed E-state index contributed by atoms with van der Waals surface area (Å²) in [4.78, 5) is 4.96. The number of aryl methyl sites for hydroxylation is 1. The number of aliphatic hydroxyl groups excluding tert-OH is 1. The van der Waals surface area contributed by atoms with Crippen molar-refractivity contribution in [3.8, 4) is 0 Å². The van der Waals surface area contributed by atoms with Crippen molar-refractivity contribution in [1.29, 1.82) is 0 Å². The quantitative estimate of drug-likeness (QED) is 0.802. The van der Waals surface area contributed by atoms with Gasteiger partial charge in [0.2, 0.25) is 0 Å². The lowest BCUT2D eigenvalue weighted by molar-refractivity contribution is 0.0636. The normalized spacial score (nSPS) is 20.7. The molecular weight excluding hydrogens is 264 g/mol. The molecule has 1 aromatic rings. The second kappa shape index (κ2) is 7.73. The SMILES string of the molecule is CC(C)=CCN1CCN(Cc2cnn(C)c2)CC1CCO. The third-order valence-corrected chi connectivity index (χ3v) is 4.05. The molecule has 1 saturated heterocycles. The minimum Gasteiger partial charge on any atom is -0.396 e. The Hall–Kier alpha value is -1.17. The molecule has 5 nitrogen and oxygen atoms in total. The molecule has 1 aromatic heterocycles. The summed E-state index contributed by atoms with van der Waals surface area (Å²) >= 11 is 0. The first-order valence-electron chi connectivity index (χ1n) is 7.76. The van der Waals surface area contributed by atoms with Gasteiger partial charge in [-0.05, 0) is 20.3 Å². The number of allylic oxidation sites excluding steroid dienone is 1. The van der Waals surface area contributed by atoms with Crippen molar-refractivity contribution in [1.82, 2.24) is 19.6 Å². The summed E-state index contributed by atoms with van der Waals surface area (Å²) in [5, 5.41) is 13.6. The van der Waals surface area contributed by atoms with Crippen molar-refractivity contribution in [3.63, 3.8) is 0 Å². The fourth-order valence-corrected chi connectivity index (χ4v) is 2.88. The van der Waals surface area contributed by atoms with E-state index in [-0.39, 0.29) is 6.61 Å². The van der Waals surface area contributed by atoms with E-state index in [2.05, 4.69) is 41.0 Å². The zero-order chi connectivity index (χ0) is 15.2. The molecule has 2 heterocycles. The molecular formula is C16H28N4O. The first kappa shape index (κ1) is 16.2. The molecule has 0 saturated carbocycles. The van der Waals surface area contributed by atoms with Gasteiger partial charge in [0.15, 0.2) is 0 Å². The average molecular weight is 292 g/mol. The second-order valence-electron chi connectivity index (χ2n) is 6.20. The molecule has 21 heavy (non-hydrogen) atoms. The van der Waals surface area contributed by atoms with Crippen LogP contribution in [0.3, 0.4) is 0 Å². The van der Waals surface area contributed by atoms with Crippen LogP contribution >= 0.6 is 0 Å². The Morgan fingerprint density at radius 1 is 1.43 bits per heavy atom. The standard InChI is InChI=1S/C16H28N4O/c1-14(2)4-6-20-8-7-19(13-16(20)5-9-21)12-15-10-17-18(3)11-15/h4,10-11,16,21H,5-9,12-13H2,1-3H3. The molecule has 1 fully saturated rings. The zero-order valence-electron chi connectivity index (χ0n) is 13.5. The number of nitrogens with zero attached hydrogens (tertiary/aromatic N) is 4. The summed E-state index contributed by atoms with van der Waals surface area (Å²) in [7, 11) is 1.95. The van der Waals surface area contributed by atoms with Crippen molar-refractivity contribution in [2.24, 2.45) is 7.05 Å². The van der Waals surface area contributed by atoms with Crippen LogP contribution in [0.25, 0.3) is 0 Å². The molecule has 0 aliphatic carbocycles. The van der Waals surface area contributed by atoms with E-state index < -0.39 is 0 Å². The third kappa shape index (κ3) is 4.95. The maximum absolute atomic E-state index is 9.32. The highest BCUT2D eigenvalue weighted by Crippen LogP contribution is 2.15. The van der Waals surface area contributed by atoms with E-state index in [0.717, 1.165) is 39.1 Å². The Morgan fingerprint density at radius 3 is 2.86 bits per heavy atom. The molecule has 0 spiro atoms. The minimum absolute atomic E-state index is 0.261. The monoisotopic (exact) mass is 292 g/mol. The van der Waals surface area contributed by atoms with Gasteiger partial charge in [0.25, 0.3) is 0 Å². The van der Waals surface area contributed by atoms with E-state index in [1.54, 1.807) is 0 Å². The van der Waals surface area contributed by atoms with Crippen molar-refractivity contribution in [2.75, 3.05) is 32.8 Å². The predicted octanol–water partition coefficient (Wildman–Crippen LogP) is 1.25. The number of hydrogen-bond acceptors (Lipinski definition) is 4. The second-order valence-corrected chi connectivity index (χ2v) is 6.20. The summed E-state index contributed by atoms with van der Waals surface area (Å²) < 4.78 is 1.85. The van der Waals surface area contributed by atoms with Crippen LogP contribution < -0.4 is 0 Å². The lowest BCUT2D eigenvalue weighted by Crippen LogP contribution is -2.53. The zero-order valence-corrected chi connectivity index (χ0v) is 13.5. The topological polar surface area (TPSA) is 44.5 Å². The Balaban J connectivity index is 1.92. The van der Waals surface area contributed by atoms with Gasteiger partial charge in [0, 0.05) is 64.2 Å². The van der Waals surface area contributed by atoms with Crippen LogP contribution in [0.2, 0.25) is 0 Å². The molecule has 1 atom stereocenters. The van der Waals surface area contributed by atoms with Gasteiger partial charge in [0.05, 0.1) is 6.20 Å². The summed E-state index contributed by atoms with van der Waals surface area (Å²) in [6.45, 7) is 9.64. The Labute approximate surface area is 127 Å². The van der Waals surface area contributed by atoms with Crippen LogP contribution in [0.5, 0.6) is 0 Å². The van der Waals surface area contributed by atoms with Crippen LogP contribution in [-0.2, 0) is 13.6 Å². The highest BCUT2D eigenvalue weighted by atomic mass is 16.3. The van der Waals surface area contributed by atoms with Crippen LogP contribution in [0.4, 0.5) is 0 Å². The number of piperazine rings is 1. The van der Waals surface area contributed by atoms with E-state index in [9.17, 15) is 5.11 Å². The molecule has 1 N–H and O–H groups in total. The number of aliphatic hydroxyl groups is 1. The van der Waals surface area contributed by atoms with Gasteiger partial charge in [-0.25, -0.2) is 0 Å². The summed E-state index contributed by atoms with van der Waals surface area (Å²) in [6.07, 6.45) is 7.15. The largest absolute Gasteiger partial charge is 0.396 e. The van der Waals surface area contributed by atoms with Gasteiger partial charge in [-0.1, -0.05) is 11.6 Å². The molecule has 5 heteroatoms. The lowest BCUT2D eigenvalue weighted by Gasteiger charge is -2.41. The maximum atomic E-state index is 9.32. The van der Waals surface area contributed by atoms with Crippen LogP contribution in [-0.4, -0.2) is 63.5 Å². The number of aromatic nitrogens is 2. The highest BCUT2D eigenvalue weighted by Gasteiger charge is 2.25. The van der Waals surface area contributed by atoms with Crippen molar-refractivity contribution in [2.45, 2.75) is 32.9 Å². The minimum atomic E-state index is 0.261. The molecule has 1 aliphatic rings. The van der Waals surface area contributed by atoms with Crippen molar-refractivity contribution in [3.05, 3.63) is 29.6 Å². The number of hydrogen-bond donors (Lipinski definition) is 1. The molecule has 2 rings (SSSR count). The molecule has 0 radical (unpaired) electrons. The summed E-state index contributed by atoms with van der Waals surface area (Å²) in [6, 6.07) is 0.441. The molecule has 118 valence electrons. The molecule has 1 aliphatic heterocycles. The van der Waals surface area contributed by atoms with Gasteiger partial charge < -0.3 is 5.11 Å². The van der Waals surface area contributed by atoms with Crippen LogP contribution in [0, 0.1) is 0 Å².